The van der Waals surface area contributed by atoms with Crippen LogP contribution < -0.4 is 10.2 Å². The van der Waals surface area contributed by atoms with Gasteiger partial charge < -0.3 is 4.74 Å². The lowest BCUT2D eigenvalue weighted by atomic mass is 10.0. The van der Waals surface area contributed by atoms with E-state index in [2.05, 4.69) is 25.7 Å². The number of rotatable bonds is 6. The maximum Gasteiger partial charge on any atom is 0.263 e. The monoisotopic (exact) mass is 381 g/mol. The zero-order valence-electron chi connectivity index (χ0n) is 15.9. The third-order valence-corrected chi connectivity index (χ3v) is 4.28. The van der Waals surface area contributed by atoms with Gasteiger partial charge >= 0.3 is 0 Å². The lowest BCUT2D eigenvalue weighted by Crippen LogP contribution is -2.03. The fourth-order valence-corrected chi connectivity index (χ4v) is 2.82. The highest BCUT2D eigenvalue weighted by atomic mass is 16.5. The van der Waals surface area contributed by atoms with E-state index in [0.29, 0.717) is 5.95 Å². The first-order valence-electron chi connectivity index (χ1n) is 9.12. The molecule has 0 amide bonds. The summed E-state index contributed by atoms with van der Waals surface area (Å²) < 4.78 is 5.16. The molecule has 1 N–H and O–H groups in total. The molecular formula is C23H19N5O. The zero-order chi connectivity index (χ0) is 19.9. The molecule has 3 aromatic carbocycles. The van der Waals surface area contributed by atoms with E-state index < -0.39 is 0 Å². The molecule has 0 aliphatic carbocycles. The number of aromatic nitrogens is 3. The molecular weight excluding hydrogens is 362 g/mol. The first-order valence-corrected chi connectivity index (χ1v) is 9.12. The SMILES string of the molecule is COc1ccc(/C=N\Nc2nnc(-c3ccccc3)c(-c3ccccc3)n2)cc1. The van der Waals surface area contributed by atoms with Crippen molar-refractivity contribution in [3.8, 4) is 28.3 Å². The van der Waals surface area contributed by atoms with Crippen LogP contribution in [0.25, 0.3) is 22.5 Å². The Labute approximate surface area is 168 Å². The molecule has 4 aromatic rings. The molecule has 0 fully saturated rings. The van der Waals surface area contributed by atoms with E-state index in [1.807, 2.05) is 84.9 Å². The number of methoxy groups -OCH3 is 1. The molecule has 1 heterocycles. The molecule has 0 spiro atoms. The normalized spacial score (nSPS) is 10.8. The second-order valence-corrected chi connectivity index (χ2v) is 6.21. The number of hydrazone groups is 1. The van der Waals surface area contributed by atoms with Crippen LogP contribution >= 0.6 is 0 Å². The molecule has 4 rings (SSSR count). The average molecular weight is 381 g/mol. The van der Waals surface area contributed by atoms with Gasteiger partial charge in [0.15, 0.2) is 0 Å². The molecule has 0 aliphatic heterocycles. The van der Waals surface area contributed by atoms with Crippen LogP contribution in [-0.2, 0) is 0 Å². The summed E-state index contributed by atoms with van der Waals surface area (Å²) in [6, 6.07) is 27.4. The third-order valence-electron chi connectivity index (χ3n) is 4.28. The van der Waals surface area contributed by atoms with Crippen molar-refractivity contribution < 1.29 is 4.74 Å². The maximum atomic E-state index is 5.16. The lowest BCUT2D eigenvalue weighted by molar-refractivity contribution is 0.415. The molecule has 0 saturated heterocycles. The van der Waals surface area contributed by atoms with E-state index in [9.17, 15) is 0 Å². The highest BCUT2D eigenvalue weighted by molar-refractivity contribution is 5.80. The van der Waals surface area contributed by atoms with Gasteiger partial charge in [0.25, 0.3) is 5.95 Å². The van der Waals surface area contributed by atoms with E-state index in [-0.39, 0.29) is 0 Å². The number of nitrogens with zero attached hydrogens (tertiary/aromatic N) is 4. The van der Waals surface area contributed by atoms with Crippen LogP contribution in [0.5, 0.6) is 5.75 Å². The van der Waals surface area contributed by atoms with E-state index in [0.717, 1.165) is 33.8 Å². The van der Waals surface area contributed by atoms with E-state index in [1.54, 1.807) is 13.3 Å². The Balaban J connectivity index is 1.62. The predicted octanol–water partition coefficient (Wildman–Crippen LogP) is 4.66. The van der Waals surface area contributed by atoms with Gasteiger partial charge in [-0.1, -0.05) is 60.7 Å². The van der Waals surface area contributed by atoms with Gasteiger partial charge in [-0.05, 0) is 29.8 Å². The second kappa shape index (κ2) is 8.75. The van der Waals surface area contributed by atoms with Crippen molar-refractivity contribution in [2.45, 2.75) is 0 Å². The fraction of sp³-hybridized carbons (Fsp3) is 0.0435. The quantitative estimate of drug-likeness (QED) is 0.388. The summed E-state index contributed by atoms with van der Waals surface area (Å²) in [4.78, 5) is 4.66. The molecule has 6 heteroatoms. The summed E-state index contributed by atoms with van der Waals surface area (Å²) in [7, 11) is 1.64. The standard InChI is InChI=1S/C23H19N5O/c1-29-20-14-12-17(13-15-20)16-24-27-23-25-21(18-8-4-2-5-9-18)22(26-28-23)19-10-6-3-7-11-19/h2-16H,1H3,(H,25,27,28)/b24-16-. The summed E-state index contributed by atoms with van der Waals surface area (Å²) in [6.07, 6.45) is 1.69. The topological polar surface area (TPSA) is 72.3 Å². The minimum Gasteiger partial charge on any atom is -0.497 e. The lowest BCUT2D eigenvalue weighted by Gasteiger charge is -2.09. The highest BCUT2D eigenvalue weighted by Crippen LogP contribution is 2.28. The predicted molar refractivity (Wildman–Crippen MR) is 115 cm³/mol. The van der Waals surface area contributed by atoms with Crippen LogP contribution in [0.3, 0.4) is 0 Å². The Morgan fingerprint density at radius 3 is 2.00 bits per heavy atom. The largest absolute Gasteiger partial charge is 0.497 e. The van der Waals surface area contributed by atoms with Crippen LogP contribution in [0.1, 0.15) is 5.56 Å². The Kier molecular flexibility index (Phi) is 5.53. The summed E-state index contributed by atoms with van der Waals surface area (Å²) in [5.41, 5.74) is 7.18. The molecule has 0 unspecified atom stereocenters. The van der Waals surface area contributed by atoms with Gasteiger partial charge in [0.05, 0.1) is 13.3 Å². The van der Waals surface area contributed by atoms with Gasteiger partial charge in [0.1, 0.15) is 17.1 Å². The number of anilines is 1. The van der Waals surface area contributed by atoms with Gasteiger partial charge in [0, 0.05) is 11.1 Å². The number of nitrogens with one attached hydrogen (secondary N) is 1. The van der Waals surface area contributed by atoms with Crippen molar-refractivity contribution in [2.24, 2.45) is 5.10 Å². The van der Waals surface area contributed by atoms with Crippen molar-refractivity contribution in [1.29, 1.82) is 0 Å². The van der Waals surface area contributed by atoms with Gasteiger partial charge in [-0.15, -0.1) is 10.2 Å². The Morgan fingerprint density at radius 2 is 1.38 bits per heavy atom. The van der Waals surface area contributed by atoms with Crippen molar-refractivity contribution in [1.82, 2.24) is 15.2 Å². The number of hydrogen-bond acceptors (Lipinski definition) is 6. The Hall–Kier alpha value is -4.06. The molecule has 0 bridgehead atoms. The van der Waals surface area contributed by atoms with Crippen LogP contribution in [0.2, 0.25) is 0 Å². The molecule has 6 nitrogen and oxygen atoms in total. The first kappa shape index (κ1) is 18.3. The van der Waals surface area contributed by atoms with Crippen molar-refractivity contribution in [2.75, 3.05) is 12.5 Å². The van der Waals surface area contributed by atoms with Crippen LogP contribution in [0.4, 0.5) is 5.95 Å². The molecule has 0 saturated carbocycles. The third kappa shape index (κ3) is 4.44. The second-order valence-electron chi connectivity index (χ2n) is 6.21. The van der Waals surface area contributed by atoms with Gasteiger partial charge in [-0.25, -0.2) is 10.4 Å². The van der Waals surface area contributed by atoms with Crippen LogP contribution in [-0.4, -0.2) is 28.5 Å². The maximum absolute atomic E-state index is 5.16. The molecule has 0 atom stereocenters. The molecule has 0 radical (unpaired) electrons. The Bertz CT molecular complexity index is 1100. The summed E-state index contributed by atoms with van der Waals surface area (Å²) in [5.74, 6) is 1.12. The average Bonchev–Trinajstić information content (AvgIpc) is 2.80. The number of ether oxygens (including phenoxy) is 1. The zero-order valence-corrected chi connectivity index (χ0v) is 15.9. The number of hydrogen-bond donors (Lipinski definition) is 1. The molecule has 1 aromatic heterocycles. The highest BCUT2D eigenvalue weighted by Gasteiger charge is 2.13. The van der Waals surface area contributed by atoms with Crippen molar-refractivity contribution >= 4 is 12.2 Å². The number of benzene rings is 3. The van der Waals surface area contributed by atoms with Crippen molar-refractivity contribution in [3.63, 3.8) is 0 Å². The van der Waals surface area contributed by atoms with E-state index in [4.69, 9.17) is 4.74 Å². The molecule has 142 valence electrons. The summed E-state index contributed by atoms with van der Waals surface area (Å²) >= 11 is 0. The van der Waals surface area contributed by atoms with E-state index >= 15 is 0 Å². The minimum atomic E-state index is 0.327. The van der Waals surface area contributed by atoms with E-state index in [1.165, 1.54) is 0 Å². The van der Waals surface area contributed by atoms with Gasteiger partial charge in [0.2, 0.25) is 0 Å². The summed E-state index contributed by atoms with van der Waals surface area (Å²) in [5, 5.41) is 12.8. The molecule has 29 heavy (non-hydrogen) atoms. The smallest absolute Gasteiger partial charge is 0.263 e. The van der Waals surface area contributed by atoms with Gasteiger partial charge in [-0.2, -0.15) is 5.10 Å². The van der Waals surface area contributed by atoms with Crippen molar-refractivity contribution in [3.05, 3.63) is 90.5 Å². The summed E-state index contributed by atoms with van der Waals surface area (Å²) in [6.45, 7) is 0. The Morgan fingerprint density at radius 1 is 0.759 bits per heavy atom. The molecule has 0 aliphatic rings. The first-order chi connectivity index (χ1) is 14.3. The van der Waals surface area contributed by atoms with Crippen LogP contribution in [0.15, 0.2) is 90.0 Å². The fourth-order valence-electron chi connectivity index (χ4n) is 2.82. The van der Waals surface area contributed by atoms with Gasteiger partial charge in [-0.3, -0.25) is 0 Å². The van der Waals surface area contributed by atoms with Crippen LogP contribution in [0, 0.1) is 0 Å². The minimum absolute atomic E-state index is 0.327.